The summed E-state index contributed by atoms with van der Waals surface area (Å²) in [7, 11) is 2.03. The Bertz CT molecular complexity index is 672. The van der Waals surface area contributed by atoms with Gasteiger partial charge in [0.25, 0.3) is 0 Å². The number of nitrogens with zero attached hydrogens (tertiary/aromatic N) is 3. The summed E-state index contributed by atoms with van der Waals surface area (Å²) < 4.78 is 8.03. The molecular formula is C19H28N4O. The van der Waals surface area contributed by atoms with Gasteiger partial charge in [0.05, 0.1) is 0 Å². The Morgan fingerprint density at radius 2 is 1.96 bits per heavy atom. The molecule has 2 aromatic rings. The van der Waals surface area contributed by atoms with Gasteiger partial charge in [-0.1, -0.05) is 26.0 Å². The van der Waals surface area contributed by atoms with Crippen molar-refractivity contribution in [1.82, 2.24) is 14.8 Å². The Morgan fingerprint density at radius 3 is 2.67 bits per heavy atom. The fourth-order valence-electron chi connectivity index (χ4n) is 3.35. The number of hydrogen-bond donors (Lipinski definition) is 1. The van der Waals surface area contributed by atoms with E-state index < -0.39 is 0 Å². The summed E-state index contributed by atoms with van der Waals surface area (Å²) in [5.74, 6) is 3.79. The van der Waals surface area contributed by atoms with Crippen LogP contribution in [0.4, 0.5) is 0 Å². The van der Waals surface area contributed by atoms with Gasteiger partial charge in [0, 0.05) is 19.0 Å². The zero-order valence-electron chi connectivity index (χ0n) is 14.9. The molecule has 0 aliphatic heterocycles. The fourth-order valence-corrected chi connectivity index (χ4v) is 3.35. The fraction of sp³-hybridized carbons (Fsp3) is 0.579. The maximum atomic E-state index is 6.00. The molecule has 1 fully saturated rings. The van der Waals surface area contributed by atoms with Crippen LogP contribution in [0.25, 0.3) is 0 Å². The van der Waals surface area contributed by atoms with Crippen molar-refractivity contribution in [1.29, 1.82) is 0 Å². The van der Waals surface area contributed by atoms with Crippen LogP contribution in [0, 0.1) is 0 Å². The minimum absolute atomic E-state index is 0.352. The molecule has 0 unspecified atom stereocenters. The number of rotatable bonds is 5. The first-order chi connectivity index (χ1) is 11.5. The predicted octanol–water partition coefficient (Wildman–Crippen LogP) is 3.50. The first-order valence-electron chi connectivity index (χ1n) is 8.91. The van der Waals surface area contributed by atoms with Gasteiger partial charge >= 0.3 is 0 Å². The molecule has 3 rings (SSSR count). The molecule has 1 aliphatic rings. The second-order valence-corrected chi connectivity index (χ2v) is 7.16. The van der Waals surface area contributed by atoms with E-state index in [1.165, 1.54) is 5.56 Å². The molecule has 1 aliphatic carbocycles. The second kappa shape index (κ2) is 7.34. The van der Waals surface area contributed by atoms with E-state index in [-0.39, 0.29) is 0 Å². The van der Waals surface area contributed by atoms with Crippen LogP contribution >= 0.6 is 0 Å². The quantitative estimate of drug-likeness (QED) is 0.912. The molecule has 0 bridgehead atoms. The summed E-state index contributed by atoms with van der Waals surface area (Å²) in [5, 5.41) is 8.75. The summed E-state index contributed by atoms with van der Waals surface area (Å²) >= 11 is 0. The van der Waals surface area contributed by atoms with E-state index in [9.17, 15) is 0 Å². The van der Waals surface area contributed by atoms with Crippen molar-refractivity contribution in [3.05, 3.63) is 41.5 Å². The van der Waals surface area contributed by atoms with Crippen LogP contribution in [0.1, 0.15) is 68.6 Å². The Morgan fingerprint density at radius 1 is 1.21 bits per heavy atom. The standard InChI is InChI=1S/C19H28N4O/c1-13(2)15-5-4-6-17(11-15)24-12-18-21-22-19(23(18)3)14-7-9-16(20)10-8-14/h4-6,11,13-14,16H,7-10,12,20H2,1-3H3/t14-,16-. The molecule has 1 aromatic heterocycles. The Hall–Kier alpha value is -1.88. The monoisotopic (exact) mass is 328 g/mol. The number of nitrogens with two attached hydrogens (primary N) is 1. The molecule has 0 saturated heterocycles. The highest BCUT2D eigenvalue weighted by atomic mass is 16.5. The Kier molecular flexibility index (Phi) is 5.19. The van der Waals surface area contributed by atoms with Gasteiger partial charge in [-0.3, -0.25) is 0 Å². The van der Waals surface area contributed by atoms with E-state index in [0.717, 1.165) is 43.1 Å². The van der Waals surface area contributed by atoms with Gasteiger partial charge in [-0.15, -0.1) is 10.2 Å². The van der Waals surface area contributed by atoms with Crippen LogP contribution in [-0.4, -0.2) is 20.8 Å². The predicted molar refractivity (Wildman–Crippen MR) is 95.1 cm³/mol. The van der Waals surface area contributed by atoms with Gasteiger partial charge in [0.1, 0.15) is 18.2 Å². The smallest absolute Gasteiger partial charge is 0.170 e. The minimum Gasteiger partial charge on any atom is -0.486 e. The van der Waals surface area contributed by atoms with Crippen LogP contribution in [0.15, 0.2) is 24.3 Å². The van der Waals surface area contributed by atoms with Crippen LogP contribution in [-0.2, 0) is 13.7 Å². The molecule has 5 heteroatoms. The van der Waals surface area contributed by atoms with Crippen LogP contribution < -0.4 is 10.5 Å². The van der Waals surface area contributed by atoms with Crippen molar-refractivity contribution in [2.24, 2.45) is 12.8 Å². The van der Waals surface area contributed by atoms with Crippen LogP contribution in [0.5, 0.6) is 5.75 Å². The summed E-state index contributed by atoms with van der Waals surface area (Å²) in [4.78, 5) is 0. The van der Waals surface area contributed by atoms with E-state index in [2.05, 4.69) is 40.7 Å². The third-order valence-corrected chi connectivity index (χ3v) is 5.03. The molecule has 1 heterocycles. The topological polar surface area (TPSA) is 66.0 Å². The van der Waals surface area contributed by atoms with Crippen molar-refractivity contribution in [3.63, 3.8) is 0 Å². The van der Waals surface area contributed by atoms with Crippen LogP contribution in [0.2, 0.25) is 0 Å². The van der Waals surface area contributed by atoms with E-state index >= 15 is 0 Å². The average molecular weight is 328 g/mol. The molecule has 5 nitrogen and oxygen atoms in total. The summed E-state index contributed by atoms with van der Waals surface area (Å²) in [6, 6.07) is 8.62. The highest BCUT2D eigenvalue weighted by Crippen LogP contribution is 2.31. The minimum atomic E-state index is 0.352. The third kappa shape index (κ3) is 3.78. The molecule has 0 radical (unpaired) electrons. The second-order valence-electron chi connectivity index (χ2n) is 7.16. The summed E-state index contributed by atoms with van der Waals surface area (Å²) in [6.45, 7) is 4.81. The molecule has 130 valence electrons. The van der Waals surface area contributed by atoms with Crippen molar-refractivity contribution in [2.45, 2.75) is 64.0 Å². The number of ether oxygens (including phenoxy) is 1. The number of benzene rings is 1. The third-order valence-electron chi connectivity index (χ3n) is 5.03. The molecule has 0 amide bonds. The lowest BCUT2D eigenvalue weighted by atomic mass is 9.86. The highest BCUT2D eigenvalue weighted by Gasteiger charge is 2.24. The first kappa shape index (κ1) is 17.0. The van der Waals surface area contributed by atoms with Crippen molar-refractivity contribution in [3.8, 4) is 5.75 Å². The van der Waals surface area contributed by atoms with E-state index in [1.807, 2.05) is 19.2 Å². The molecule has 1 aromatic carbocycles. The molecule has 24 heavy (non-hydrogen) atoms. The Balaban J connectivity index is 1.65. The number of aromatic nitrogens is 3. The van der Waals surface area contributed by atoms with E-state index in [0.29, 0.717) is 24.5 Å². The van der Waals surface area contributed by atoms with Gasteiger partial charge in [0.2, 0.25) is 0 Å². The molecular weight excluding hydrogens is 300 g/mol. The normalized spacial score (nSPS) is 21.2. The van der Waals surface area contributed by atoms with Gasteiger partial charge in [-0.05, 0) is 49.3 Å². The summed E-state index contributed by atoms with van der Waals surface area (Å²) in [5.41, 5.74) is 7.28. The zero-order valence-corrected chi connectivity index (χ0v) is 14.9. The molecule has 0 atom stereocenters. The SMILES string of the molecule is CC(C)c1cccc(OCc2nnc([C@H]3CC[C@H](N)CC3)n2C)c1. The van der Waals surface area contributed by atoms with Gasteiger partial charge in [-0.25, -0.2) is 0 Å². The zero-order chi connectivity index (χ0) is 17.1. The van der Waals surface area contributed by atoms with E-state index in [1.54, 1.807) is 0 Å². The maximum absolute atomic E-state index is 6.00. The molecule has 1 saturated carbocycles. The lowest BCUT2D eigenvalue weighted by Gasteiger charge is -2.25. The highest BCUT2D eigenvalue weighted by molar-refractivity contribution is 5.30. The summed E-state index contributed by atoms with van der Waals surface area (Å²) in [6.07, 6.45) is 4.35. The van der Waals surface area contributed by atoms with Crippen LogP contribution in [0.3, 0.4) is 0 Å². The van der Waals surface area contributed by atoms with Crippen molar-refractivity contribution in [2.75, 3.05) is 0 Å². The number of hydrogen-bond acceptors (Lipinski definition) is 4. The van der Waals surface area contributed by atoms with Gasteiger partial charge in [-0.2, -0.15) is 0 Å². The first-order valence-corrected chi connectivity index (χ1v) is 8.91. The van der Waals surface area contributed by atoms with Crippen molar-refractivity contribution < 1.29 is 4.74 Å². The van der Waals surface area contributed by atoms with Gasteiger partial charge in [0.15, 0.2) is 5.82 Å². The van der Waals surface area contributed by atoms with E-state index in [4.69, 9.17) is 10.5 Å². The van der Waals surface area contributed by atoms with Crippen molar-refractivity contribution >= 4 is 0 Å². The molecule has 2 N–H and O–H groups in total. The Labute approximate surface area is 144 Å². The molecule has 0 spiro atoms. The largest absolute Gasteiger partial charge is 0.486 e. The lowest BCUT2D eigenvalue weighted by Crippen LogP contribution is -2.26. The lowest BCUT2D eigenvalue weighted by molar-refractivity contribution is 0.289. The average Bonchev–Trinajstić information content (AvgIpc) is 2.95. The maximum Gasteiger partial charge on any atom is 0.170 e. The van der Waals surface area contributed by atoms with Gasteiger partial charge < -0.3 is 15.0 Å².